The number of rotatable bonds is 5. The second-order valence-corrected chi connectivity index (χ2v) is 7.47. The highest BCUT2D eigenvalue weighted by Gasteiger charge is 2.29. The van der Waals surface area contributed by atoms with Crippen molar-refractivity contribution in [2.45, 2.75) is 12.8 Å². The third-order valence-electron chi connectivity index (χ3n) is 5.33. The van der Waals surface area contributed by atoms with Gasteiger partial charge in [0.25, 0.3) is 5.91 Å². The first-order valence-corrected chi connectivity index (χ1v) is 9.92. The van der Waals surface area contributed by atoms with Crippen LogP contribution in [0.3, 0.4) is 0 Å². The minimum atomic E-state index is -0.0159. The Bertz CT molecular complexity index is 882. The van der Waals surface area contributed by atoms with Gasteiger partial charge >= 0.3 is 0 Å². The number of para-hydroxylation sites is 1. The summed E-state index contributed by atoms with van der Waals surface area (Å²) in [6.07, 6.45) is 3.28. The van der Waals surface area contributed by atoms with E-state index in [4.69, 9.17) is 4.74 Å². The van der Waals surface area contributed by atoms with E-state index in [2.05, 4.69) is 0 Å². The third kappa shape index (κ3) is 4.86. The number of hydrogen-bond donors (Lipinski definition) is 0. The van der Waals surface area contributed by atoms with Gasteiger partial charge < -0.3 is 14.5 Å². The smallest absolute Gasteiger partial charge is 0.254 e. The van der Waals surface area contributed by atoms with E-state index < -0.39 is 0 Å². The molecule has 152 valence electrons. The predicted octanol–water partition coefficient (Wildman–Crippen LogP) is 3.56. The molecule has 0 N–H and O–H groups in total. The largest absolute Gasteiger partial charge is 0.496 e. The molecular weight excluding hydrogens is 364 g/mol. The Morgan fingerprint density at radius 1 is 1.00 bits per heavy atom. The lowest BCUT2D eigenvalue weighted by molar-refractivity contribution is -0.137. The van der Waals surface area contributed by atoms with Crippen LogP contribution in [0.5, 0.6) is 5.75 Å². The third-order valence-corrected chi connectivity index (χ3v) is 5.33. The summed E-state index contributed by atoms with van der Waals surface area (Å²) in [5.74, 6) is 0.847. The van der Waals surface area contributed by atoms with Crippen molar-refractivity contribution < 1.29 is 14.3 Å². The molecule has 0 atom stereocenters. The van der Waals surface area contributed by atoms with Gasteiger partial charge in [0, 0.05) is 44.2 Å². The van der Waals surface area contributed by atoms with Crippen LogP contribution in [-0.2, 0) is 9.59 Å². The van der Waals surface area contributed by atoms with Gasteiger partial charge in [-0.25, -0.2) is 0 Å². The fraction of sp³-hybridized carbons (Fsp3) is 0.333. The molecule has 0 saturated carbocycles. The number of amides is 2. The van der Waals surface area contributed by atoms with Crippen LogP contribution in [0, 0.1) is 5.92 Å². The maximum atomic E-state index is 13.4. The van der Waals surface area contributed by atoms with E-state index in [9.17, 15) is 9.59 Å². The molecule has 1 aliphatic heterocycles. The molecule has 1 aliphatic rings. The Labute approximate surface area is 172 Å². The average molecular weight is 392 g/mol. The fourth-order valence-electron chi connectivity index (χ4n) is 3.69. The average Bonchev–Trinajstić information content (AvgIpc) is 2.77. The maximum Gasteiger partial charge on any atom is 0.254 e. The Morgan fingerprint density at radius 2 is 1.62 bits per heavy atom. The summed E-state index contributed by atoms with van der Waals surface area (Å²) in [6, 6.07) is 17.4. The van der Waals surface area contributed by atoms with Crippen molar-refractivity contribution >= 4 is 23.5 Å². The zero-order valence-electron chi connectivity index (χ0n) is 17.3. The summed E-state index contributed by atoms with van der Waals surface area (Å²) >= 11 is 0. The van der Waals surface area contributed by atoms with Crippen molar-refractivity contribution in [3.05, 3.63) is 65.7 Å². The van der Waals surface area contributed by atoms with E-state index >= 15 is 0 Å². The second kappa shape index (κ2) is 9.41. The van der Waals surface area contributed by atoms with E-state index in [-0.39, 0.29) is 17.7 Å². The van der Waals surface area contributed by atoms with Gasteiger partial charge in [0.15, 0.2) is 0 Å². The highest BCUT2D eigenvalue weighted by Crippen LogP contribution is 2.28. The zero-order chi connectivity index (χ0) is 20.8. The molecule has 2 amide bonds. The minimum absolute atomic E-state index is 0.00702. The Balaban J connectivity index is 1.87. The summed E-state index contributed by atoms with van der Waals surface area (Å²) in [5, 5.41) is 0. The molecule has 29 heavy (non-hydrogen) atoms. The molecule has 0 unspecified atom stereocenters. The number of nitrogens with zero attached hydrogens (tertiary/aromatic N) is 2. The van der Waals surface area contributed by atoms with Crippen LogP contribution >= 0.6 is 0 Å². The number of likely N-dealkylation sites (tertiary alicyclic amines) is 1. The summed E-state index contributed by atoms with van der Waals surface area (Å²) in [7, 11) is 5.19. The summed E-state index contributed by atoms with van der Waals surface area (Å²) < 4.78 is 5.46. The van der Waals surface area contributed by atoms with Crippen LogP contribution in [0.25, 0.3) is 11.6 Å². The molecule has 0 aliphatic carbocycles. The molecule has 2 aromatic rings. The standard InChI is InChI=1S/C24H28N2O3/c1-25(2)23(27)19-13-15-26(16-14-19)24(28)21(18-9-5-4-6-10-18)17-20-11-7-8-12-22(20)29-3/h4-12,17,19H,13-16H2,1-3H3/b21-17+. The molecule has 3 rings (SSSR count). The van der Waals surface area contributed by atoms with Crippen molar-refractivity contribution in [3.8, 4) is 5.75 Å². The van der Waals surface area contributed by atoms with Crippen molar-refractivity contribution in [3.63, 3.8) is 0 Å². The number of piperidine rings is 1. The number of carbonyl (C=O) groups excluding carboxylic acids is 2. The van der Waals surface area contributed by atoms with Gasteiger partial charge in [0.05, 0.1) is 7.11 Å². The number of benzene rings is 2. The van der Waals surface area contributed by atoms with Crippen LogP contribution in [0.15, 0.2) is 54.6 Å². The van der Waals surface area contributed by atoms with Crippen LogP contribution in [0.4, 0.5) is 0 Å². The lowest BCUT2D eigenvalue weighted by Gasteiger charge is -2.33. The van der Waals surface area contributed by atoms with E-state index in [0.29, 0.717) is 31.5 Å². The predicted molar refractivity (Wildman–Crippen MR) is 115 cm³/mol. The molecule has 5 nitrogen and oxygen atoms in total. The van der Waals surface area contributed by atoms with Gasteiger partial charge in [-0.15, -0.1) is 0 Å². The SMILES string of the molecule is COc1ccccc1/C=C(/C(=O)N1CCC(C(=O)N(C)C)CC1)c1ccccc1. The number of ether oxygens (including phenoxy) is 1. The molecule has 2 aromatic carbocycles. The van der Waals surface area contributed by atoms with Gasteiger partial charge in [0.1, 0.15) is 5.75 Å². The van der Waals surface area contributed by atoms with Crippen LogP contribution in [0.1, 0.15) is 24.0 Å². The van der Waals surface area contributed by atoms with Crippen molar-refractivity contribution in [2.75, 3.05) is 34.3 Å². The van der Waals surface area contributed by atoms with Gasteiger partial charge in [0.2, 0.25) is 5.91 Å². The van der Waals surface area contributed by atoms with Crippen LogP contribution in [0.2, 0.25) is 0 Å². The highest BCUT2D eigenvalue weighted by molar-refractivity contribution is 6.24. The molecule has 5 heteroatoms. The summed E-state index contributed by atoms with van der Waals surface area (Å²) in [4.78, 5) is 29.2. The van der Waals surface area contributed by atoms with Crippen molar-refractivity contribution in [2.24, 2.45) is 5.92 Å². The molecule has 1 heterocycles. The number of carbonyl (C=O) groups is 2. The molecule has 0 bridgehead atoms. The number of hydrogen-bond acceptors (Lipinski definition) is 3. The second-order valence-electron chi connectivity index (χ2n) is 7.47. The first-order valence-electron chi connectivity index (χ1n) is 9.92. The molecule has 0 radical (unpaired) electrons. The minimum Gasteiger partial charge on any atom is -0.496 e. The topological polar surface area (TPSA) is 49.9 Å². The summed E-state index contributed by atoms with van der Waals surface area (Å²) in [6.45, 7) is 1.17. The lowest BCUT2D eigenvalue weighted by atomic mass is 9.94. The van der Waals surface area contributed by atoms with E-state index in [1.54, 1.807) is 26.1 Å². The van der Waals surface area contributed by atoms with Gasteiger partial charge in [-0.2, -0.15) is 0 Å². The first kappa shape index (κ1) is 20.6. The maximum absolute atomic E-state index is 13.4. The van der Waals surface area contributed by atoms with Gasteiger partial charge in [-0.1, -0.05) is 48.5 Å². The lowest BCUT2D eigenvalue weighted by Crippen LogP contribution is -2.43. The van der Waals surface area contributed by atoms with Crippen molar-refractivity contribution in [1.82, 2.24) is 9.80 Å². The molecule has 0 spiro atoms. The van der Waals surface area contributed by atoms with E-state index in [0.717, 1.165) is 16.9 Å². The molecule has 1 saturated heterocycles. The van der Waals surface area contributed by atoms with Gasteiger partial charge in [-0.05, 0) is 30.5 Å². The van der Waals surface area contributed by atoms with Crippen LogP contribution < -0.4 is 4.74 Å². The Kier molecular flexibility index (Phi) is 6.70. The highest BCUT2D eigenvalue weighted by atomic mass is 16.5. The Morgan fingerprint density at radius 3 is 2.24 bits per heavy atom. The summed E-state index contributed by atoms with van der Waals surface area (Å²) in [5.41, 5.74) is 2.36. The zero-order valence-corrected chi connectivity index (χ0v) is 17.3. The normalized spacial score (nSPS) is 15.1. The monoisotopic (exact) mass is 392 g/mol. The first-order chi connectivity index (χ1) is 14.0. The van der Waals surface area contributed by atoms with E-state index in [1.807, 2.05) is 65.6 Å². The molecular formula is C24H28N2O3. The van der Waals surface area contributed by atoms with Crippen molar-refractivity contribution in [1.29, 1.82) is 0 Å². The van der Waals surface area contributed by atoms with Gasteiger partial charge in [-0.3, -0.25) is 9.59 Å². The number of methoxy groups -OCH3 is 1. The van der Waals surface area contributed by atoms with Crippen LogP contribution in [-0.4, -0.2) is 55.9 Å². The molecule has 0 aromatic heterocycles. The fourth-order valence-corrected chi connectivity index (χ4v) is 3.69. The Hall–Kier alpha value is -3.08. The quantitative estimate of drug-likeness (QED) is 0.577. The molecule has 1 fully saturated rings. The van der Waals surface area contributed by atoms with E-state index in [1.165, 1.54) is 0 Å².